The average molecular weight is 406 g/mol. The first kappa shape index (κ1) is 21.1. The topological polar surface area (TPSA) is 37.3 Å². The Morgan fingerprint density at radius 3 is 2.21 bits per heavy atom. The van der Waals surface area contributed by atoms with Crippen LogP contribution in [-0.4, -0.2) is 11.1 Å². The van der Waals surface area contributed by atoms with Crippen LogP contribution in [0.2, 0.25) is 0 Å². The zero-order valence-electron chi connectivity index (χ0n) is 16.0. The maximum absolute atomic E-state index is 15.1. The normalized spacial score (nSPS) is 19.6. The van der Waals surface area contributed by atoms with Crippen LogP contribution in [0.25, 0.3) is 11.1 Å². The fourth-order valence-corrected chi connectivity index (χ4v) is 4.13. The highest BCUT2D eigenvalue weighted by atomic mass is 19.2. The van der Waals surface area contributed by atoms with Crippen molar-refractivity contribution < 1.29 is 27.5 Å². The van der Waals surface area contributed by atoms with E-state index in [0.717, 1.165) is 32.1 Å². The summed E-state index contributed by atoms with van der Waals surface area (Å²) in [5.74, 6) is -6.61. The van der Waals surface area contributed by atoms with E-state index in [1.807, 2.05) is 13.0 Å². The number of allylic oxidation sites excluding steroid dienone is 2. The first-order valence-electron chi connectivity index (χ1n) is 9.65. The summed E-state index contributed by atoms with van der Waals surface area (Å²) in [6.07, 6.45) is 8.44. The summed E-state index contributed by atoms with van der Waals surface area (Å²) < 4.78 is 56.1. The molecule has 2 nitrogen and oxygen atoms in total. The maximum Gasteiger partial charge on any atom is 0.338 e. The van der Waals surface area contributed by atoms with E-state index in [-0.39, 0.29) is 17.0 Å². The van der Waals surface area contributed by atoms with Crippen molar-refractivity contribution >= 4 is 5.97 Å². The minimum Gasteiger partial charge on any atom is -0.478 e. The molecule has 0 aromatic heterocycles. The standard InChI is InChI=1S/C23H22F4O2/c1-2-3-4-13-5-7-14(8-6-13)16-9-10-17(23(28)29)21(26)20(16)15-11-18(24)22(27)19(25)12-15/h2-3,9-14H,4-8H2,1H3,(H,28,29)/b3-2+/t13-,14-. The Morgan fingerprint density at radius 1 is 1.03 bits per heavy atom. The summed E-state index contributed by atoms with van der Waals surface area (Å²) in [7, 11) is 0. The Bertz CT molecular complexity index is 921. The van der Waals surface area contributed by atoms with E-state index in [9.17, 15) is 23.1 Å². The molecule has 3 rings (SSSR count). The summed E-state index contributed by atoms with van der Waals surface area (Å²) in [6, 6.07) is 4.11. The number of halogens is 4. The van der Waals surface area contributed by atoms with Crippen molar-refractivity contribution in [3.05, 3.63) is 70.8 Å². The molecule has 1 aliphatic rings. The highest BCUT2D eigenvalue weighted by Gasteiger charge is 2.28. The van der Waals surface area contributed by atoms with Crippen LogP contribution in [-0.2, 0) is 0 Å². The van der Waals surface area contributed by atoms with E-state index < -0.39 is 34.8 Å². The SMILES string of the molecule is C/C=C/C[C@H]1CC[C@H](c2ccc(C(=O)O)c(F)c2-c2cc(F)c(F)c(F)c2)CC1. The number of carboxylic acid groups (broad SMARTS) is 1. The Labute approximate surface area is 166 Å². The third kappa shape index (κ3) is 4.36. The van der Waals surface area contributed by atoms with Gasteiger partial charge in [-0.25, -0.2) is 22.4 Å². The fraction of sp³-hybridized carbons (Fsp3) is 0.348. The lowest BCUT2D eigenvalue weighted by Gasteiger charge is -2.30. The Balaban J connectivity index is 2.05. The third-order valence-corrected chi connectivity index (χ3v) is 5.67. The first-order chi connectivity index (χ1) is 13.8. The number of carboxylic acids is 1. The number of rotatable bonds is 5. The van der Waals surface area contributed by atoms with Crippen molar-refractivity contribution in [2.24, 2.45) is 5.92 Å². The Kier molecular flexibility index (Phi) is 6.40. The second-order valence-electron chi connectivity index (χ2n) is 7.47. The van der Waals surface area contributed by atoms with Crippen LogP contribution >= 0.6 is 0 Å². The largest absolute Gasteiger partial charge is 0.478 e. The van der Waals surface area contributed by atoms with Gasteiger partial charge in [0.15, 0.2) is 17.5 Å². The van der Waals surface area contributed by atoms with Gasteiger partial charge in [-0.1, -0.05) is 18.2 Å². The predicted octanol–water partition coefficient (Wildman–Crippen LogP) is 6.85. The van der Waals surface area contributed by atoms with Crippen molar-refractivity contribution in [1.29, 1.82) is 0 Å². The van der Waals surface area contributed by atoms with E-state index in [1.165, 1.54) is 12.1 Å². The Hall–Kier alpha value is -2.63. The van der Waals surface area contributed by atoms with Gasteiger partial charge < -0.3 is 5.11 Å². The van der Waals surface area contributed by atoms with E-state index in [0.29, 0.717) is 23.6 Å². The molecule has 2 aromatic carbocycles. The van der Waals surface area contributed by atoms with Crippen LogP contribution < -0.4 is 0 Å². The molecule has 0 spiro atoms. The smallest absolute Gasteiger partial charge is 0.338 e. The van der Waals surface area contributed by atoms with Gasteiger partial charge in [0.1, 0.15) is 5.82 Å². The molecule has 2 aromatic rings. The molecule has 1 N–H and O–H groups in total. The highest BCUT2D eigenvalue weighted by Crippen LogP contribution is 2.42. The van der Waals surface area contributed by atoms with Crippen LogP contribution in [0, 0.1) is 29.2 Å². The van der Waals surface area contributed by atoms with Gasteiger partial charge in [-0.05, 0) is 80.2 Å². The molecule has 0 amide bonds. The minimum absolute atomic E-state index is 0.0691. The van der Waals surface area contributed by atoms with Crippen molar-refractivity contribution in [2.75, 3.05) is 0 Å². The fourth-order valence-electron chi connectivity index (χ4n) is 4.13. The molecule has 0 unspecified atom stereocenters. The van der Waals surface area contributed by atoms with Gasteiger partial charge in [0.05, 0.1) is 5.56 Å². The molecule has 0 aliphatic heterocycles. The monoisotopic (exact) mass is 406 g/mol. The third-order valence-electron chi connectivity index (χ3n) is 5.67. The van der Waals surface area contributed by atoms with Gasteiger partial charge >= 0.3 is 5.97 Å². The quantitative estimate of drug-likeness (QED) is 0.335. The van der Waals surface area contributed by atoms with Gasteiger partial charge in [0.2, 0.25) is 0 Å². The summed E-state index contributed by atoms with van der Waals surface area (Å²) in [4.78, 5) is 11.4. The number of hydrogen-bond acceptors (Lipinski definition) is 1. The molecule has 29 heavy (non-hydrogen) atoms. The molecule has 0 bridgehead atoms. The van der Waals surface area contributed by atoms with Gasteiger partial charge in [-0.15, -0.1) is 0 Å². The number of benzene rings is 2. The lowest BCUT2D eigenvalue weighted by Crippen LogP contribution is -2.15. The van der Waals surface area contributed by atoms with Crippen LogP contribution in [0.5, 0.6) is 0 Å². The molecule has 1 saturated carbocycles. The lowest BCUT2D eigenvalue weighted by atomic mass is 9.75. The molecular weight excluding hydrogens is 384 g/mol. The van der Waals surface area contributed by atoms with E-state index >= 15 is 4.39 Å². The van der Waals surface area contributed by atoms with Crippen molar-refractivity contribution in [3.63, 3.8) is 0 Å². The highest BCUT2D eigenvalue weighted by molar-refractivity contribution is 5.90. The van der Waals surface area contributed by atoms with Crippen LogP contribution in [0.4, 0.5) is 17.6 Å². The maximum atomic E-state index is 15.1. The van der Waals surface area contributed by atoms with Crippen LogP contribution in [0.15, 0.2) is 36.4 Å². The summed E-state index contributed by atoms with van der Waals surface area (Å²) in [5.41, 5.74) is -0.453. The van der Waals surface area contributed by atoms with Crippen molar-refractivity contribution in [3.8, 4) is 11.1 Å². The molecule has 0 atom stereocenters. The zero-order chi connectivity index (χ0) is 21.1. The van der Waals surface area contributed by atoms with Crippen molar-refractivity contribution in [2.45, 2.75) is 44.9 Å². The predicted molar refractivity (Wildman–Crippen MR) is 103 cm³/mol. The molecule has 6 heteroatoms. The zero-order valence-corrected chi connectivity index (χ0v) is 16.0. The second kappa shape index (κ2) is 8.80. The average Bonchev–Trinajstić information content (AvgIpc) is 2.70. The van der Waals surface area contributed by atoms with Gasteiger partial charge in [0, 0.05) is 5.56 Å². The summed E-state index contributed by atoms with van der Waals surface area (Å²) in [6.45, 7) is 1.96. The van der Waals surface area contributed by atoms with Crippen LogP contribution in [0.1, 0.15) is 60.9 Å². The number of carbonyl (C=O) groups is 1. The van der Waals surface area contributed by atoms with Crippen molar-refractivity contribution in [1.82, 2.24) is 0 Å². The molecule has 0 radical (unpaired) electrons. The molecule has 154 valence electrons. The van der Waals surface area contributed by atoms with E-state index in [1.54, 1.807) is 0 Å². The molecule has 1 fully saturated rings. The van der Waals surface area contributed by atoms with Gasteiger partial charge in [-0.2, -0.15) is 0 Å². The first-order valence-corrected chi connectivity index (χ1v) is 9.65. The number of aromatic carboxylic acids is 1. The van der Waals surface area contributed by atoms with E-state index in [2.05, 4.69) is 6.08 Å². The molecule has 1 aliphatic carbocycles. The van der Waals surface area contributed by atoms with Crippen LogP contribution in [0.3, 0.4) is 0 Å². The minimum atomic E-state index is -1.64. The summed E-state index contributed by atoms with van der Waals surface area (Å²) >= 11 is 0. The molecular formula is C23H22F4O2. The van der Waals surface area contributed by atoms with Gasteiger partial charge in [0.25, 0.3) is 0 Å². The molecule has 0 saturated heterocycles. The number of hydrogen-bond donors (Lipinski definition) is 1. The second-order valence-corrected chi connectivity index (χ2v) is 7.47. The van der Waals surface area contributed by atoms with E-state index in [4.69, 9.17) is 0 Å². The van der Waals surface area contributed by atoms with Gasteiger partial charge in [-0.3, -0.25) is 0 Å². The summed E-state index contributed by atoms with van der Waals surface area (Å²) in [5, 5.41) is 9.25. The molecule has 0 heterocycles. The Morgan fingerprint density at radius 2 is 1.66 bits per heavy atom. The lowest BCUT2D eigenvalue weighted by molar-refractivity contribution is 0.0692.